The fourth-order valence-corrected chi connectivity index (χ4v) is 4.25. The molecule has 27 heavy (non-hydrogen) atoms. The summed E-state index contributed by atoms with van der Waals surface area (Å²) in [5, 5.41) is 0. The number of hydrogen-bond donors (Lipinski definition) is 0. The van der Waals surface area contributed by atoms with Gasteiger partial charge in [0.05, 0.1) is 4.90 Å². The molecular formula is C19H21FN2O4S. The maximum absolute atomic E-state index is 13.5. The van der Waals surface area contributed by atoms with Gasteiger partial charge in [0.25, 0.3) is 5.91 Å². The summed E-state index contributed by atoms with van der Waals surface area (Å²) in [6.07, 6.45) is 0. The van der Waals surface area contributed by atoms with Crippen molar-refractivity contribution in [1.82, 2.24) is 9.21 Å². The molecule has 1 heterocycles. The average Bonchev–Trinajstić information content (AvgIpc) is 2.67. The average molecular weight is 392 g/mol. The minimum absolute atomic E-state index is 0.0198. The lowest BCUT2D eigenvalue weighted by atomic mass is 10.2. The number of amides is 1. The number of ether oxygens (including phenoxy) is 1. The summed E-state index contributed by atoms with van der Waals surface area (Å²) >= 11 is 0. The van der Waals surface area contributed by atoms with Crippen molar-refractivity contribution in [2.24, 2.45) is 0 Å². The standard InChI is InChI=1S/C19H21FN2O4S/c1-15-6-8-16(9-7-15)27(24,25)22-12-10-21(11-13-22)19(23)14-26-18-5-3-2-4-17(18)20/h2-9H,10-14H2,1H3. The van der Waals surface area contributed by atoms with Gasteiger partial charge in [-0.1, -0.05) is 29.8 Å². The van der Waals surface area contributed by atoms with Crippen LogP contribution in [0.25, 0.3) is 0 Å². The SMILES string of the molecule is Cc1ccc(S(=O)(=O)N2CCN(C(=O)COc3ccccc3F)CC2)cc1. The Hall–Kier alpha value is -2.45. The second kappa shape index (κ2) is 8.06. The van der Waals surface area contributed by atoms with Crippen LogP contribution in [0, 0.1) is 12.7 Å². The molecule has 1 saturated heterocycles. The molecule has 2 aromatic carbocycles. The number of aryl methyl sites for hydroxylation is 1. The van der Waals surface area contributed by atoms with Crippen LogP contribution < -0.4 is 4.74 Å². The molecule has 0 atom stereocenters. The van der Waals surface area contributed by atoms with Gasteiger partial charge in [-0.15, -0.1) is 0 Å². The van der Waals surface area contributed by atoms with E-state index in [0.29, 0.717) is 0 Å². The summed E-state index contributed by atoms with van der Waals surface area (Å²) in [6.45, 7) is 2.56. The fraction of sp³-hybridized carbons (Fsp3) is 0.316. The number of halogens is 1. The maximum atomic E-state index is 13.5. The molecule has 144 valence electrons. The number of carbonyl (C=O) groups is 1. The van der Waals surface area contributed by atoms with Crippen molar-refractivity contribution in [3.8, 4) is 5.75 Å². The summed E-state index contributed by atoms with van der Waals surface area (Å²) in [4.78, 5) is 14.0. The van der Waals surface area contributed by atoms with E-state index >= 15 is 0 Å². The quantitative estimate of drug-likeness (QED) is 0.781. The minimum Gasteiger partial charge on any atom is -0.481 e. The van der Waals surface area contributed by atoms with E-state index < -0.39 is 15.8 Å². The molecular weight excluding hydrogens is 371 g/mol. The van der Waals surface area contributed by atoms with Gasteiger partial charge in [-0.2, -0.15) is 4.31 Å². The van der Waals surface area contributed by atoms with Gasteiger partial charge in [0.15, 0.2) is 18.2 Å². The third-order valence-electron chi connectivity index (χ3n) is 4.44. The van der Waals surface area contributed by atoms with Gasteiger partial charge in [0, 0.05) is 26.2 Å². The molecule has 0 radical (unpaired) electrons. The Bertz CT molecular complexity index is 908. The molecule has 1 amide bonds. The van der Waals surface area contributed by atoms with Crippen LogP contribution in [0.15, 0.2) is 53.4 Å². The van der Waals surface area contributed by atoms with Crippen molar-refractivity contribution < 1.29 is 22.3 Å². The van der Waals surface area contributed by atoms with E-state index in [-0.39, 0.29) is 49.3 Å². The molecule has 0 saturated carbocycles. The molecule has 6 nitrogen and oxygen atoms in total. The molecule has 2 aromatic rings. The first-order valence-electron chi connectivity index (χ1n) is 8.60. The predicted octanol–water partition coefficient (Wildman–Crippen LogP) is 2.05. The van der Waals surface area contributed by atoms with Crippen molar-refractivity contribution >= 4 is 15.9 Å². The monoisotopic (exact) mass is 392 g/mol. The molecule has 0 unspecified atom stereocenters. The summed E-state index contributed by atoms with van der Waals surface area (Å²) in [5.74, 6) is -0.809. The Kier molecular flexibility index (Phi) is 5.76. The van der Waals surface area contributed by atoms with Crippen molar-refractivity contribution in [3.05, 3.63) is 59.9 Å². The third kappa shape index (κ3) is 4.45. The van der Waals surface area contributed by atoms with Crippen LogP contribution in [0.2, 0.25) is 0 Å². The molecule has 0 spiro atoms. The van der Waals surface area contributed by atoms with Crippen molar-refractivity contribution in [3.63, 3.8) is 0 Å². The minimum atomic E-state index is -3.57. The van der Waals surface area contributed by atoms with Crippen LogP contribution in [-0.2, 0) is 14.8 Å². The molecule has 1 fully saturated rings. The number of rotatable bonds is 5. The second-order valence-electron chi connectivity index (χ2n) is 6.32. The Labute approximate surface area is 158 Å². The molecule has 8 heteroatoms. The predicted molar refractivity (Wildman–Crippen MR) is 98.4 cm³/mol. The zero-order chi connectivity index (χ0) is 19.4. The van der Waals surface area contributed by atoms with Crippen LogP contribution in [0.5, 0.6) is 5.75 Å². The first kappa shape index (κ1) is 19.3. The zero-order valence-corrected chi connectivity index (χ0v) is 15.8. The number of sulfonamides is 1. The van der Waals surface area contributed by atoms with E-state index in [9.17, 15) is 17.6 Å². The number of para-hydroxylation sites is 1. The van der Waals surface area contributed by atoms with E-state index in [1.54, 1.807) is 30.3 Å². The molecule has 0 aromatic heterocycles. The molecule has 1 aliphatic heterocycles. The fourth-order valence-electron chi connectivity index (χ4n) is 2.83. The highest BCUT2D eigenvalue weighted by molar-refractivity contribution is 7.89. The topological polar surface area (TPSA) is 66.9 Å². The number of benzene rings is 2. The number of carbonyl (C=O) groups excluding carboxylic acids is 1. The van der Waals surface area contributed by atoms with Crippen molar-refractivity contribution in [2.45, 2.75) is 11.8 Å². The van der Waals surface area contributed by atoms with E-state index in [0.717, 1.165) is 5.56 Å². The third-order valence-corrected chi connectivity index (χ3v) is 6.35. The lowest BCUT2D eigenvalue weighted by Gasteiger charge is -2.34. The summed E-state index contributed by atoms with van der Waals surface area (Å²) in [5.41, 5.74) is 0.985. The van der Waals surface area contributed by atoms with Crippen LogP contribution in [-0.4, -0.2) is 56.3 Å². The highest BCUT2D eigenvalue weighted by Gasteiger charge is 2.30. The Morgan fingerprint density at radius 2 is 1.67 bits per heavy atom. The van der Waals surface area contributed by atoms with Gasteiger partial charge in [-0.3, -0.25) is 4.79 Å². The zero-order valence-electron chi connectivity index (χ0n) is 15.0. The molecule has 3 rings (SSSR count). The van der Waals surface area contributed by atoms with E-state index in [4.69, 9.17) is 4.74 Å². The normalized spacial score (nSPS) is 15.6. The van der Waals surface area contributed by atoms with Crippen LogP contribution in [0.1, 0.15) is 5.56 Å². The van der Waals surface area contributed by atoms with Gasteiger partial charge < -0.3 is 9.64 Å². The highest BCUT2D eigenvalue weighted by Crippen LogP contribution is 2.19. The van der Waals surface area contributed by atoms with Crippen LogP contribution in [0.3, 0.4) is 0 Å². The molecule has 0 bridgehead atoms. The Morgan fingerprint density at radius 3 is 2.30 bits per heavy atom. The highest BCUT2D eigenvalue weighted by atomic mass is 32.2. The molecule has 0 N–H and O–H groups in total. The van der Waals surface area contributed by atoms with Gasteiger partial charge in [0.1, 0.15) is 0 Å². The number of hydrogen-bond acceptors (Lipinski definition) is 4. The van der Waals surface area contributed by atoms with Gasteiger partial charge in [-0.25, -0.2) is 12.8 Å². The van der Waals surface area contributed by atoms with Gasteiger partial charge in [-0.05, 0) is 31.2 Å². The largest absolute Gasteiger partial charge is 0.481 e. The van der Waals surface area contributed by atoms with E-state index in [1.807, 2.05) is 6.92 Å². The number of nitrogens with zero attached hydrogens (tertiary/aromatic N) is 2. The van der Waals surface area contributed by atoms with E-state index in [2.05, 4.69) is 0 Å². The van der Waals surface area contributed by atoms with Crippen LogP contribution in [0.4, 0.5) is 4.39 Å². The smallest absolute Gasteiger partial charge is 0.260 e. The van der Waals surface area contributed by atoms with Gasteiger partial charge >= 0.3 is 0 Å². The van der Waals surface area contributed by atoms with E-state index in [1.165, 1.54) is 27.4 Å². The lowest BCUT2D eigenvalue weighted by Crippen LogP contribution is -2.51. The second-order valence-corrected chi connectivity index (χ2v) is 8.25. The molecule has 0 aliphatic carbocycles. The van der Waals surface area contributed by atoms with Gasteiger partial charge in [0.2, 0.25) is 10.0 Å². The lowest BCUT2D eigenvalue weighted by molar-refractivity contribution is -0.134. The Balaban J connectivity index is 1.56. The maximum Gasteiger partial charge on any atom is 0.260 e. The number of piperazine rings is 1. The Morgan fingerprint density at radius 1 is 1.04 bits per heavy atom. The summed E-state index contributed by atoms with van der Waals surface area (Å²) < 4.78 is 45.5. The summed E-state index contributed by atoms with van der Waals surface area (Å²) in [6, 6.07) is 12.6. The molecule has 1 aliphatic rings. The summed E-state index contributed by atoms with van der Waals surface area (Å²) in [7, 11) is -3.57. The van der Waals surface area contributed by atoms with Crippen molar-refractivity contribution in [2.75, 3.05) is 32.8 Å². The first-order valence-corrected chi connectivity index (χ1v) is 10.0. The van der Waals surface area contributed by atoms with Crippen molar-refractivity contribution in [1.29, 1.82) is 0 Å². The van der Waals surface area contributed by atoms with Crippen LogP contribution >= 0.6 is 0 Å². The first-order chi connectivity index (χ1) is 12.9.